The Labute approximate surface area is 190 Å². The lowest BCUT2D eigenvalue weighted by molar-refractivity contribution is 0.0983. The first-order valence-corrected chi connectivity index (χ1v) is 11.5. The van der Waals surface area contributed by atoms with E-state index in [1.54, 1.807) is 0 Å². The van der Waals surface area contributed by atoms with Crippen molar-refractivity contribution in [2.24, 2.45) is 0 Å². The first-order chi connectivity index (χ1) is 15.3. The summed E-state index contributed by atoms with van der Waals surface area (Å²) in [6, 6.07) is 7.77. The van der Waals surface area contributed by atoms with E-state index in [9.17, 15) is 4.79 Å². The molecule has 0 bridgehead atoms. The third-order valence-electron chi connectivity index (χ3n) is 6.46. The summed E-state index contributed by atoms with van der Waals surface area (Å²) in [6.45, 7) is 15.4. The third kappa shape index (κ3) is 4.17. The van der Waals surface area contributed by atoms with E-state index in [4.69, 9.17) is 14.7 Å². The number of rotatable bonds is 5. The molecule has 2 aliphatic heterocycles. The van der Waals surface area contributed by atoms with Crippen LogP contribution in [0.15, 0.2) is 24.3 Å². The molecule has 0 aliphatic carbocycles. The Balaban J connectivity index is 1.74. The summed E-state index contributed by atoms with van der Waals surface area (Å²) < 4.78 is 5.68. The lowest BCUT2D eigenvalue weighted by Gasteiger charge is -2.35. The van der Waals surface area contributed by atoms with Crippen LogP contribution in [0.25, 0.3) is 11.4 Å². The number of morpholine rings is 1. The molecule has 8 heteroatoms. The van der Waals surface area contributed by atoms with Crippen molar-refractivity contribution in [2.75, 3.05) is 43.1 Å². The SMILES string of the molecule is CCNC(=O)Nc1ccc(-c2nc(N3CCOCC3C)c3c(n2)C(C)(C)N(CC)C3)cc1. The number of amides is 2. The fourth-order valence-corrected chi connectivity index (χ4v) is 4.62. The van der Waals surface area contributed by atoms with Crippen LogP contribution in [-0.2, 0) is 16.8 Å². The molecule has 4 rings (SSSR count). The maximum Gasteiger partial charge on any atom is 0.319 e. The van der Waals surface area contributed by atoms with Gasteiger partial charge in [0, 0.05) is 36.4 Å². The molecule has 1 aromatic heterocycles. The van der Waals surface area contributed by atoms with Crippen LogP contribution in [0.1, 0.15) is 45.9 Å². The van der Waals surface area contributed by atoms with Crippen molar-refractivity contribution in [1.29, 1.82) is 0 Å². The Hall–Kier alpha value is -2.71. The molecule has 1 aromatic carbocycles. The molecule has 0 spiro atoms. The molecule has 32 heavy (non-hydrogen) atoms. The Morgan fingerprint density at radius 3 is 2.62 bits per heavy atom. The second-order valence-corrected chi connectivity index (χ2v) is 8.95. The molecule has 172 valence electrons. The van der Waals surface area contributed by atoms with Gasteiger partial charge in [-0.05, 0) is 58.5 Å². The molecule has 1 atom stereocenters. The van der Waals surface area contributed by atoms with Gasteiger partial charge in [0.1, 0.15) is 5.82 Å². The first-order valence-electron chi connectivity index (χ1n) is 11.5. The van der Waals surface area contributed by atoms with Gasteiger partial charge in [-0.1, -0.05) is 6.92 Å². The third-order valence-corrected chi connectivity index (χ3v) is 6.46. The van der Waals surface area contributed by atoms with Gasteiger partial charge < -0.3 is 20.3 Å². The number of nitrogens with zero attached hydrogens (tertiary/aromatic N) is 4. The average Bonchev–Trinajstić information content (AvgIpc) is 3.04. The standard InChI is InChI=1S/C24H34N6O2/c1-6-25-23(31)26-18-10-8-17(9-11-18)21-27-20-19(14-29(7-2)24(20,4)5)22(28-21)30-12-13-32-15-16(30)3/h8-11,16H,6-7,12-15H2,1-5H3,(H2,25,26,31). The molecule has 2 aliphatic rings. The van der Waals surface area contributed by atoms with Crippen LogP contribution in [0.3, 0.4) is 0 Å². The number of anilines is 2. The number of carbonyl (C=O) groups is 1. The monoisotopic (exact) mass is 438 g/mol. The van der Waals surface area contributed by atoms with Gasteiger partial charge in [-0.3, -0.25) is 4.90 Å². The summed E-state index contributed by atoms with van der Waals surface area (Å²) in [5.41, 5.74) is 3.83. The van der Waals surface area contributed by atoms with E-state index < -0.39 is 0 Å². The van der Waals surface area contributed by atoms with Gasteiger partial charge in [0.15, 0.2) is 5.82 Å². The smallest absolute Gasteiger partial charge is 0.319 e. The molecule has 0 saturated carbocycles. The van der Waals surface area contributed by atoms with Gasteiger partial charge in [0.2, 0.25) is 0 Å². The fraction of sp³-hybridized carbons (Fsp3) is 0.542. The van der Waals surface area contributed by atoms with Crippen molar-refractivity contribution < 1.29 is 9.53 Å². The molecule has 0 radical (unpaired) electrons. The topological polar surface area (TPSA) is 82.6 Å². The zero-order valence-electron chi connectivity index (χ0n) is 19.7. The van der Waals surface area contributed by atoms with Crippen molar-refractivity contribution in [3.05, 3.63) is 35.5 Å². The van der Waals surface area contributed by atoms with Crippen molar-refractivity contribution in [3.63, 3.8) is 0 Å². The molecular formula is C24H34N6O2. The highest BCUT2D eigenvalue weighted by Crippen LogP contribution is 2.42. The Morgan fingerprint density at radius 1 is 1.22 bits per heavy atom. The minimum Gasteiger partial charge on any atom is -0.377 e. The van der Waals surface area contributed by atoms with E-state index in [1.165, 1.54) is 5.56 Å². The van der Waals surface area contributed by atoms with Crippen LogP contribution < -0.4 is 15.5 Å². The second-order valence-electron chi connectivity index (χ2n) is 8.95. The van der Waals surface area contributed by atoms with Crippen LogP contribution >= 0.6 is 0 Å². The largest absolute Gasteiger partial charge is 0.377 e. The maximum atomic E-state index is 11.8. The van der Waals surface area contributed by atoms with Gasteiger partial charge in [-0.2, -0.15) is 0 Å². The number of carbonyl (C=O) groups excluding carboxylic acids is 1. The summed E-state index contributed by atoms with van der Waals surface area (Å²) in [5, 5.41) is 5.58. The zero-order chi connectivity index (χ0) is 22.9. The van der Waals surface area contributed by atoms with E-state index in [2.05, 4.69) is 48.1 Å². The highest BCUT2D eigenvalue weighted by molar-refractivity contribution is 5.89. The van der Waals surface area contributed by atoms with Gasteiger partial charge in [-0.15, -0.1) is 0 Å². The molecule has 8 nitrogen and oxygen atoms in total. The van der Waals surface area contributed by atoms with E-state index in [0.29, 0.717) is 25.6 Å². The summed E-state index contributed by atoms with van der Waals surface area (Å²) in [7, 11) is 0. The predicted octanol–water partition coefficient (Wildman–Crippen LogP) is 3.58. The normalized spacial score (nSPS) is 20.2. The van der Waals surface area contributed by atoms with Crippen LogP contribution in [0.4, 0.5) is 16.3 Å². The van der Waals surface area contributed by atoms with Crippen molar-refractivity contribution in [3.8, 4) is 11.4 Å². The van der Waals surface area contributed by atoms with Crippen LogP contribution in [0.2, 0.25) is 0 Å². The van der Waals surface area contributed by atoms with Crippen LogP contribution in [-0.4, -0.2) is 59.8 Å². The molecule has 2 aromatic rings. The summed E-state index contributed by atoms with van der Waals surface area (Å²) in [6.07, 6.45) is 0. The molecule has 1 unspecified atom stereocenters. The lowest BCUT2D eigenvalue weighted by Crippen LogP contribution is -2.44. The Morgan fingerprint density at radius 2 is 1.97 bits per heavy atom. The summed E-state index contributed by atoms with van der Waals surface area (Å²) >= 11 is 0. The summed E-state index contributed by atoms with van der Waals surface area (Å²) in [5.74, 6) is 1.74. The highest BCUT2D eigenvalue weighted by atomic mass is 16.5. The Kier molecular flexibility index (Phi) is 6.35. The Bertz CT molecular complexity index is 975. The second kappa shape index (κ2) is 9.03. The predicted molar refractivity (Wildman–Crippen MR) is 127 cm³/mol. The fourth-order valence-electron chi connectivity index (χ4n) is 4.62. The number of aromatic nitrogens is 2. The van der Waals surface area contributed by atoms with E-state index in [1.807, 2.05) is 31.2 Å². The lowest BCUT2D eigenvalue weighted by atomic mass is 9.99. The van der Waals surface area contributed by atoms with Gasteiger partial charge >= 0.3 is 6.03 Å². The van der Waals surface area contributed by atoms with E-state index in [-0.39, 0.29) is 17.6 Å². The minimum absolute atomic E-state index is 0.161. The van der Waals surface area contributed by atoms with Crippen LogP contribution in [0.5, 0.6) is 0 Å². The maximum absolute atomic E-state index is 11.8. The number of benzene rings is 1. The first kappa shape index (κ1) is 22.5. The zero-order valence-corrected chi connectivity index (χ0v) is 19.7. The molecule has 2 N–H and O–H groups in total. The number of hydrogen-bond acceptors (Lipinski definition) is 6. The number of hydrogen-bond donors (Lipinski definition) is 2. The number of ether oxygens (including phenoxy) is 1. The van der Waals surface area contributed by atoms with Gasteiger partial charge in [0.05, 0.1) is 30.5 Å². The molecule has 2 amide bonds. The molecule has 3 heterocycles. The van der Waals surface area contributed by atoms with Gasteiger partial charge in [-0.25, -0.2) is 14.8 Å². The number of urea groups is 1. The highest BCUT2D eigenvalue weighted by Gasteiger charge is 2.41. The van der Waals surface area contributed by atoms with Crippen molar-refractivity contribution in [1.82, 2.24) is 20.2 Å². The molecule has 1 saturated heterocycles. The average molecular weight is 439 g/mol. The quantitative estimate of drug-likeness (QED) is 0.743. The number of fused-ring (bicyclic) bond motifs is 1. The van der Waals surface area contributed by atoms with E-state index in [0.717, 1.165) is 42.4 Å². The van der Waals surface area contributed by atoms with Crippen molar-refractivity contribution >= 4 is 17.5 Å². The van der Waals surface area contributed by atoms with E-state index >= 15 is 0 Å². The minimum atomic E-state index is -0.209. The van der Waals surface area contributed by atoms with Gasteiger partial charge in [0.25, 0.3) is 0 Å². The van der Waals surface area contributed by atoms with Crippen molar-refractivity contribution in [2.45, 2.75) is 52.7 Å². The molecule has 1 fully saturated rings. The van der Waals surface area contributed by atoms with Crippen LogP contribution in [0, 0.1) is 0 Å². The molecular weight excluding hydrogens is 404 g/mol. The summed E-state index contributed by atoms with van der Waals surface area (Å²) in [4.78, 5) is 26.8. The number of nitrogens with one attached hydrogen (secondary N) is 2.